The molecule has 0 aliphatic heterocycles. The lowest BCUT2D eigenvalue weighted by molar-refractivity contribution is -0.119. The van der Waals surface area contributed by atoms with E-state index < -0.39 is 17.5 Å². The second-order valence-corrected chi connectivity index (χ2v) is 6.98. The van der Waals surface area contributed by atoms with Gasteiger partial charge >= 0.3 is 6.09 Å². The molecule has 3 N–H and O–H groups in total. The highest BCUT2D eigenvalue weighted by molar-refractivity contribution is 5.79. The molecule has 0 saturated carbocycles. The monoisotopic (exact) mass is 338 g/mol. The normalized spacial score (nSPS) is 13.0. The van der Waals surface area contributed by atoms with Crippen molar-refractivity contribution in [2.24, 2.45) is 5.73 Å². The Balaban J connectivity index is 1.71. The minimum atomic E-state index is -0.742. The van der Waals surface area contributed by atoms with Gasteiger partial charge < -0.3 is 15.8 Å². The number of amides is 2. The summed E-state index contributed by atoms with van der Waals surface area (Å²) in [7, 11) is 0. The first-order valence-corrected chi connectivity index (χ1v) is 8.29. The molecule has 0 saturated heterocycles. The molecule has 0 radical (unpaired) electrons. The van der Waals surface area contributed by atoms with E-state index in [0.29, 0.717) is 0 Å². The van der Waals surface area contributed by atoms with Crippen LogP contribution in [0.1, 0.15) is 37.3 Å². The summed E-state index contributed by atoms with van der Waals surface area (Å²) in [5.74, 6) is -0.457. The molecule has 1 aliphatic carbocycles. The second kappa shape index (κ2) is 6.59. The summed E-state index contributed by atoms with van der Waals surface area (Å²) >= 11 is 0. The maximum atomic E-state index is 12.1. The average Bonchev–Trinajstić information content (AvgIpc) is 2.85. The zero-order valence-corrected chi connectivity index (χ0v) is 14.4. The van der Waals surface area contributed by atoms with E-state index in [2.05, 4.69) is 29.6 Å². The van der Waals surface area contributed by atoms with Crippen LogP contribution < -0.4 is 11.1 Å². The molecule has 2 amide bonds. The smallest absolute Gasteiger partial charge is 0.407 e. The number of nitrogens with two attached hydrogens (primary N) is 1. The van der Waals surface area contributed by atoms with Crippen molar-refractivity contribution in [1.82, 2.24) is 5.32 Å². The van der Waals surface area contributed by atoms with E-state index in [1.807, 2.05) is 24.3 Å². The third-order valence-electron chi connectivity index (χ3n) is 4.40. The van der Waals surface area contributed by atoms with Gasteiger partial charge in [-0.3, -0.25) is 4.79 Å². The number of hydrogen-bond donors (Lipinski definition) is 2. The van der Waals surface area contributed by atoms with Crippen LogP contribution in [0.3, 0.4) is 0 Å². The van der Waals surface area contributed by atoms with Crippen LogP contribution in [0.15, 0.2) is 48.5 Å². The number of carbonyl (C=O) groups excluding carboxylic acids is 2. The van der Waals surface area contributed by atoms with Crippen molar-refractivity contribution in [2.75, 3.05) is 6.61 Å². The van der Waals surface area contributed by atoms with Crippen LogP contribution in [0.4, 0.5) is 4.79 Å². The Bertz CT molecular complexity index is 769. The molecule has 2 aromatic carbocycles. The largest absolute Gasteiger partial charge is 0.449 e. The number of benzene rings is 2. The van der Waals surface area contributed by atoms with Gasteiger partial charge in [0, 0.05) is 17.9 Å². The van der Waals surface area contributed by atoms with Crippen molar-refractivity contribution in [3.8, 4) is 11.1 Å². The molecular formula is C20H22N2O3. The standard InChI is InChI=1S/C20H22N2O3/c1-20(2,11-18(21)23)22-19(24)25-12-17-15-9-5-3-7-13(15)14-8-4-6-10-16(14)17/h3-10,17H,11-12H2,1-2H3,(H2,21,23)(H,22,24). The lowest BCUT2D eigenvalue weighted by Crippen LogP contribution is -2.46. The third-order valence-corrected chi connectivity index (χ3v) is 4.40. The van der Waals surface area contributed by atoms with Crippen molar-refractivity contribution in [3.63, 3.8) is 0 Å². The fourth-order valence-corrected chi connectivity index (χ4v) is 3.39. The highest BCUT2D eigenvalue weighted by Gasteiger charge is 2.30. The van der Waals surface area contributed by atoms with Gasteiger partial charge in [-0.15, -0.1) is 0 Å². The summed E-state index contributed by atoms with van der Waals surface area (Å²) in [6.45, 7) is 3.71. The number of ether oxygens (including phenoxy) is 1. The molecule has 0 heterocycles. The summed E-state index contributed by atoms with van der Waals surface area (Å²) in [6, 6.07) is 16.3. The minimum Gasteiger partial charge on any atom is -0.449 e. The molecule has 5 heteroatoms. The summed E-state index contributed by atoms with van der Waals surface area (Å²) in [5, 5.41) is 2.70. The fraction of sp³-hybridized carbons (Fsp3) is 0.300. The number of nitrogens with one attached hydrogen (secondary N) is 1. The first-order valence-electron chi connectivity index (χ1n) is 8.29. The van der Waals surface area contributed by atoms with E-state index in [4.69, 9.17) is 10.5 Å². The molecule has 0 fully saturated rings. The number of carbonyl (C=O) groups is 2. The van der Waals surface area contributed by atoms with Crippen LogP contribution in [-0.2, 0) is 9.53 Å². The van der Waals surface area contributed by atoms with Crippen molar-refractivity contribution in [1.29, 1.82) is 0 Å². The van der Waals surface area contributed by atoms with Crippen molar-refractivity contribution in [3.05, 3.63) is 59.7 Å². The van der Waals surface area contributed by atoms with Gasteiger partial charge in [0.15, 0.2) is 0 Å². The first-order chi connectivity index (χ1) is 11.9. The number of alkyl carbamates (subject to hydrolysis) is 1. The van der Waals surface area contributed by atoms with E-state index in [1.165, 1.54) is 11.1 Å². The number of hydrogen-bond acceptors (Lipinski definition) is 3. The topological polar surface area (TPSA) is 81.4 Å². The molecule has 3 rings (SSSR count). The van der Waals surface area contributed by atoms with Gasteiger partial charge in [0.25, 0.3) is 0 Å². The minimum absolute atomic E-state index is 0.0115. The molecule has 130 valence electrons. The SMILES string of the molecule is CC(C)(CC(N)=O)NC(=O)OCC1c2ccccc2-c2ccccc21. The highest BCUT2D eigenvalue weighted by atomic mass is 16.5. The van der Waals surface area contributed by atoms with Crippen LogP contribution in [0.25, 0.3) is 11.1 Å². The van der Waals surface area contributed by atoms with E-state index >= 15 is 0 Å². The van der Waals surface area contributed by atoms with Crippen molar-refractivity contribution in [2.45, 2.75) is 31.7 Å². The van der Waals surface area contributed by atoms with Gasteiger partial charge in [-0.05, 0) is 36.1 Å². The van der Waals surface area contributed by atoms with Gasteiger partial charge in [-0.1, -0.05) is 48.5 Å². The van der Waals surface area contributed by atoms with Crippen LogP contribution in [0.2, 0.25) is 0 Å². The fourth-order valence-electron chi connectivity index (χ4n) is 3.39. The van der Waals surface area contributed by atoms with E-state index in [-0.39, 0.29) is 18.9 Å². The Kier molecular flexibility index (Phi) is 4.49. The molecule has 0 unspecified atom stereocenters. The van der Waals surface area contributed by atoms with Crippen molar-refractivity contribution >= 4 is 12.0 Å². The number of primary amides is 1. The zero-order chi connectivity index (χ0) is 18.0. The summed E-state index contributed by atoms with van der Waals surface area (Å²) in [5.41, 5.74) is 9.14. The Hall–Kier alpha value is -2.82. The Morgan fingerprint density at radius 3 is 2.08 bits per heavy atom. The quantitative estimate of drug-likeness (QED) is 0.878. The molecular weight excluding hydrogens is 316 g/mol. The maximum Gasteiger partial charge on any atom is 0.407 e. The van der Waals surface area contributed by atoms with Gasteiger partial charge in [0.1, 0.15) is 6.61 Å². The van der Waals surface area contributed by atoms with E-state index in [1.54, 1.807) is 13.8 Å². The summed E-state index contributed by atoms with van der Waals surface area (Å²) in [4.78, 5) is 23.2. The Morgan fingerprint density at radius 1 is 1.04 bits per heavy atom. The number of fused-ring (bicyclic) bond motifs is 3. The Morgan fingerprint density at radius 2 is 1.56 bits per heavy atom. The zero-order valence-electron chi connectivity index (χ0n) is 14.4. The molecule has 2 aromatic rings. The lowest BCUT2D eigenvalue weighted by Gasteiger charge is -2.24. The summed E-state index contributed by atoms with van der Waals surface area (Å²) in [6.07, 6.45) is -0.495. The second-order valence-electron chi connectivity index (χ2n) is 6.98. The number of rotatable bonds is 5. The molecule has 0 bridgehead atoms. The van der Waals surface area contributed by atoms with Crippen LogP contribution in [0, 0.1) is 0 Å². The van der Waals surface area contributed by atoms with E-state index in [9.17, 15) is 9.59 Å². The Labute approximate surface area is 147 Å². The van der Waals surface area contributed by atoms with E-state index in [0.717, 1.165) is 11.1 Å². The van der Waals surface area contributed by atoms with Crippen LogP contribution in [-0.4, -0.2) is 24.1 Å². The van der Waals surface area contributed by atoms with Gasteiger partial charge in [-0.2, -0.15) is 0 Å². The van der Waals surface area contributed by atoms with Crippen molar-refractivity contribution < 1.29 is 14.3 Å². The van der Waals surface area contributed by atoms with Gasteiger partial charge in [0.2, 0.25) is 5.91 Å². The third kappa shape index (κ3) is 3.65. The molecule has 0 atom stereocenters. The summed E-state index contributed by atoms with van der Waals surface area (Å²) < 4.78 is 5.45. The molecule has 25 heavy (non-hydrogen) atoms. The predicted octanol–water partition coefficient (Wildman–Crippen LogP) is 3.18. The molecule has 1 aliphatic rings. The first kappa shape index (κ1) is 17.0. The highest BCUT2D eigenvalue weighted by Crippen LogP contribution is 2.44. The van der Waals surface area contributed by atoms with Crippen LogP contribution in [0.5, 0.6) is 0 Å². The maximum absolute atomic E-state index is 12.1. The molecule has 5 nitrogen and oxygen atoms in total. The molecule has 0 aromatic heterocycles. The van der Waals surface area contributed by atoms with Crippen LogP contribution >= 0.6 is 0 Å². The molecule has 0 spiro atoms. The average molecular weight is 338 g/mol. The predicted molar refractivity (Wildman–Crippen MR) is 96.1 cm³/mol. The van der Waals surface area contributed by atoms with Gasteiger partial charge in [-0.25, -0.2) is 4.79 Å². The lowest BCUT2D eigenvalue weighted by atomic mass is 9.98. The van der Waals surface area contributed by atoms with Gasteiger partial charge in [0.05, 0.1) is 0 Å².